The van der Waals surface area contributed by atoms with Crippen LogP contribution in [0.2, 0.25) is 0 Å². The van der Waals surface area contributed by atoms with Gasteiger partial charge in [-0.25, -0.2) is 42.3 Å². The maximum atomic E-state index is 14.4. The Balaban J connectivity index is 0.000000142. The Labute approximate surface area is 391 Å². The highest BCUT2D eigenvalue weighted by atomic mass is 19.1. The smallest absolute Gasteiger partial charge is 0.335 e. The van der Waals surface area contributed by atoms with Crippen molar-refractivity contribution in [3.05, 3.63) is 164 Å². The first-order valence-electron chi connectivity index (χ1n) is 22.1. The van der Waals surface area contributed by atoms with Gasteiger partial charge < -0.3 is 35.4 Å². The van der Waals surface area contributed by atoms with Gasteiger partial charge in [-0.05, 0) is 59.7 Å². The number of nitrogens with one attached hydrogen (secondary N) is 3. The van der Waals surface area contributed by atoms with E-state index in [1.54, 1.807) is 36.4 Å². The zero-order valence-corrected chi connectivity index (χ0v) is 36.7. The van der Waals surface area contributed by atoms with Crippen LogP contribution < -0.4 is 16.0 Å². The number of hydrogen-bond acceptors (Lipinski definition) is 11. The fourth-order valence-electron chi connectivity index (χ4n) is 8.96. The van der Waals surface area contributed by atoms with Crippen molar-refractivity contribution in [1.82, 2.24) is 40.8 Å². The topological polar surface area (TPSA) is 198 Å². The molecule has 3 amide bonds. The predicted octanol–water partition coefficient (Wildman–Crippen LogP) is 5.29. The van der Waals surface area contributed by atoms with E-state index in [0.717, 1.165) is 43.0 Å². The van der Waals surface area contributed by atoms with Gasteiger partial charge in [0.15, 0.2) is 11.6 Å². The summed E-state index contributed by atoms with van der Waals surface area (Å²) in [5.41, 5.74) is 4.39. The molecule has 0 unspecified atom stereocenters. The van der Waals surface area contributed by atoms with E-state index in [0.29, 0.717) is 71.2 Å². The summed E-state index contributed by atoms with van der Waals surface area (Å²) in [7, 11) is 0. The molecule has 6 aliphatic rings. The summed E-state index contributed by atoms with van der Waals surface area (Å²) in [5.74, 6) is -5.11. The number of benzene rings is 4. The van der Waals surface area contributed by atoms with E-state index in [2.05, 4.69) is 35.9 Å². The summed E-state index contributed by atoms with van der Waals surface area (Å²) in [6.07, 6.45) is 0.432. The average Bonchev–Trinajstić information content (AvgIpc) is 3.84. The van der Waals surface area contributed by atoms with Gasteiger partial charge >= 0.3 is 5.97 Å². The number of carboxylic acids is 1. The molecule has 0 radical (unpaired) electrons. The van der Waals surface area contributed by atoms with Crippen LogP contribution in [-0.2, 0) is 35.4 Å². The number of fused-ring (bicyclic) bond motifs is 2. The minimum atomic E-state index is -1.05. The molecule has 12 rings (SSSR count). The molecule has 6 aliphatic heterocycles. The Morgan fingerprint density at radius 2 is 1.00 bits per heavy atom. The number of rotatable bonds is 8. The van der Waals surface area contributed by atoms with Gasteiger partial charge in [-0.2, -0.15) is 0 Å². The summed E-state index contributed by atoms with van der Waals surface area (Å²) >= 11 is 0. The molecular formula is C50H42F4N8O7. The standard InChI is InChI=1S/C25H20F2N4O3.C20H13F2N3O3.C5H9NO/c26-16-2-1-3-17(27)20(16)22-29-18(21-19(30-22)9-28-23(21)32)8-14-4-6-15(7-5-14)24(33)31-10-25(11-31)12-34-13-25;21-12-2-1-3-13(22)16(12)18-24-14(17-15(25-18)9-23-19(17)26)8-10-4-6-11(7-5-10)20(27)28;1-5(2-6-1)3-7-4-5/h1-7H,8-13H2,(H,28,32);1-7H,8-9H2,(H,23,26)(H,27,28);6H,1-4H2. The summed E-state index contributed by atoms with van der Waals surface area (Å²) in [4.78, 5) is 67.2. The maximum absolute atomic E-state index is 14.4. The Morgan fingerprint density at radius 3 is 1.35 bits per heavy atom. The van der Waals surface area contributed by atoms with Crippen LogP contribution in [0.4, 0.5) is 17.6 Å². The number of ether oxygens (including phenoxy) is 2. The van der Waals surface area contributed by atoms with E-state index in [4.69, 9.17) is 14.6 Å². The van der Waals surface area contributed by atoms with Gasteiger partial charge in [-0.1, -0.05) is 36.4 Å². The van der Waals surface area contributed by atoms with Crippen LogP contribution in [0.3, 0.4) is 0 Å². The fourth-order valence-corrected chi connectivity index (χ4v) is 8.96. The number of hydrogen-bond donors (Lipinski definition) is 4. The number of likely N-dealkylation sites (tertiary alicyclic amines) is 1. The van der Waals surface area contributed by atoms with Crippen molar-refractivity contribution in [3.63, 3.8) is 0 Å². The summed E-state index contributed by atoms with van der Waals surface area (Å²) < 4.78 is 67.4. The van der Waals surface area contributed by atoms with Crippen LogP contribution in [0.5, 0.6) is 0 Å². The van der Waals surface area contributed by atoms with E-state index in [1.165, 1.54) is 37.4 Å². The highest BCUT2D eigenvalue weighted by Crippen LogP contribution is 2.38. The third-order valence-electron chi connectivity index (χ3n) is 12.9. The van der Waals surface area contributed by atoms with Gasteiger partial charge in [0.05, 0.1) is 95.5 Å². The highest BCUT2D eigenvalue weighted by Gasteiger charge is 2.50. The van der Waals surface area contributed by atoms with Crippen molar-refractivity contribution in [2.75, 3.05) is 52.6 Å². The molecule has 0 aliphatic carbocycles. The lowest BCUT2D eigenvalue weighted by molar-refractivity contribution is -0.176. The zero-order valence-electron chi connectivity index (χ0n) is 36.7. The summed E-state index contributed by atoms with van der Waals surface area (Å²) in [6, 6.07) is 20.2. The number of carboxylic acid groups (broad SMARTS) is 1. The highest BCUT2D eigenvalue weighted by molar-refractivity contribution is 6.00. The molecule has 8 heterocycles. The Kier molecular flexibility index (Phi) is 12.0. The molecule has 0 saturated carbocycles. The number of amides is 3. The molecule has 0 bridgehead atoms. The number of nitrogens with zero attached hydrogens (tertiary/aromatic N) is 5. The first kappa shape index (κ1) is 45.3. The zero-order chi connectivity index (χ0) is 48.0. The lowest BCUT2D eigenvalue weighted by Crippen LogP contribution is -2.67. The number of aromatic carboxylic acids is 1. The van der Waals surface area contributed by atoms with Crippen molar-refractivity contribution in [2.45, 2.75) is 25.9 Å². The molecule has 2 spiro atoms. The lowest BCUT2D eigenvalue weighted by Gasteiger charge is -2.54. The fraction of sp³-hybridized carbons (Fsp3) is 0.280. The van der Waals surface area contributed by atoms with Crippen LogP contribution in [0.15, 0.2) is 84.9 Å². The molecule has 4 fully saturated rings. The molecule has 6 aromatic rings. The maximum Gasteiger partial charge on any atom is 0.335 e. The largest absolute Gasteiger partial charge is 0.478 e. The molecule has 4 saturated heterocycles. The van der Waals surface area contributed by atoms with Gasteiger partial charge in [0.1, 0.15) is 23.3 Å². The van der Waals surface area contributed by atoms with Crippen molar-refractivity contribution < 1.29 is 51.3 Å². The van der Waals surface area contributed by atoms with E-state index in [9.17, 15) is 36.7 Å². The first-order chi connectivity index (χ1) is 33.3. The van der Waals surface area contributed by atoms with Gasteiger partial charge in [0, 0.05) is 50.0 Å². The van der Waals surface area contributed by atoms with Crippen molar-refractivity contribution in [3.8, 4) is 22.8 Å². The third-order valence-corrected chi connectivity index (χ3v) is 12.9. The van der Waals surface area contributed by atoms with Crippen LogP contribution >= 0.6 is 0 Å². The second-order valence-corrected chi connectivity index (χ2v) is 18.0. The second kappa shape index (κ2) is 18.2. The number of aromatic nitrogens is 4. The molecule has 0 atom stereocenters. The molecule has 4 aromatic carbocycles. The van der Waals surface area contributed by atoms with Crippen LogP contribution in [0.25, 0.3) is 22.8 Å². The number of halogens is 4. The molecule has 352 valence electrons. The van der Waals surface area contributed by atoms with Crippen molar-refractivity contribution >= 4 is 23.7 Å². The van der Waals surface area contributed by atoms with Gasteiger partial charge in [-0.3, -0.25) is 14.4 Å². The third kappa shape index (κ3) is 8.91. The monoisotopic (exact) mass is 942 g/mol. The van der Waals surface area contributed by atoms with Gasteiger partial charge in [-0.15, -0.1) is 0 Å². The van der Waals surface area contributed by atoms with E-state index < -0.39 is 29.2 Å². The minimum Gasteiger partial charge on any atom is -0.478 e. The molecule has 2 aromatic heterocycles. The summed E-state index contributed by atoms with van der Waals surface area (Å²) in [6.45, 7) is 7.54. The molecule has 4 N–H and O–H groups in total. The van der Waals surface area contributed by atoms with Crippen LogP contribution in [0.1, 0.15) is 75.3 Å². The van der Waals surface area contributed by atoms with Gasteiger partial charge in [0.2, 0.25) is 0 Å². The Hall–Kier alpha value is -7.48. The van der Waals surface area contributed by atoms with E-state index in [-0.39, 0.29) is 83.0 Å². The second-order valence-electron chi connectivity index (χ2n) is 18.0. The Bertz CT molecular complexity index is 2990. The van der Waals surface area contributed by atoms with Gasteiger partial charge in [0.25, 0.3) is 17.7 Å². The SMILES string of the molecule is C1NCC12COC2.O=C(O)c1ccc(Cc2nc(-c3c(F)cccc3F)nc3c2C(=O)NC3)cc1.O=C1NCc2nc(-c3c(F)cccc3F)nc(Cc3ccc(C(=O)N4CC5(COC5)C4)cc3)c21. The quantitative estimate of drug-likeness (QED) is 0.144. The average molecular weight is 943 g/mol. The normalized spacial score (nSPS) is 17.3. The summed E-state index contributed by atoms with van der Waals surface area (Å²) in [5, 5.41) is 17.6. The van der Waals surface area contributed by atoms with Crippen molar-refractivity contribution in [1.29, 1.82) is 0 Å². The molecule has 15 nitrogen and oxygen atoms in total. The number of carbonyl (C=O) groups is 4. The Morgan fingerprint density at radius 1 is 0.580 bits per heavy atom. The predicted molar refractivity (Wildman–Crippen MR) is 238 cm³/mol. The molecular weight excluding hydrogens is 901 g/mol. The number of carbonyl (C=O) groups excluding carboxylic acids is 3. The minimum absolute atomic E-state index is 0.0244. The van der Waals surface area contributed by atoms with Crippen molar-refractivity contribution in [2.24, 2.45) is 10.8 Å². The first-order valence-corrected chi connectivity index (χ1v) is 22.1. The van der Waals surface area contributed by atoms with E-state index in [1.807, 2.05) is 4.90 Å². The van der Waals surface area contributed by atoms with E-state index >= 15 is 0 Å². The van der Waals surface area contributed by atoms with Crippen LogP contribution in [0, 0.1) is 34.1 Å². The van der Waals surface area contributed by atoms with Crippen LogP contribution in [-0.4, -0.2) is 106 Å². The molecule has 19 heteroatoms. The molecule has 69 heavy (non-hydrogen) atoms. The lowest BCUT2D eigenvalue weighted by atomic mass is 9.78.